The normalized spacial score (nSPS) is 17.1. The van der Waals surface area contributed by atoms with E-state index in [1.54, 1.807) is 16.2 Å². The summed E-state index contributed by atoms with van der Waals surface area (Å²) in [6.45, 7) is 2.88. The van der Waals surface area contributed by atoms with Gasteiger partial charge in [-0.3, -0.25) is 4.90 Å². The number of anilines is 1. The molecule has 1 aliphatic heterocycles. The first-order valence-electron chi connectivity index (χ1n) is 7.72. The number of alkyl halides is 2. The molecule has 0 amide bonds. The van der Waals surface area contributed by atoms with E-state index in [0.29, 0.717) is 26.2 Å². The summed E-state index contributed by atoms with van der Waals surface area (Å²) in [6, 6.07) is 2.01. The molecule has 23 heavy (non-hydrogen) atoms. The molecule has 0 bridgehead atoms. The minimum atomic E-state index is -3.03. The molecule has 126 valence electrons. The van der Waals surface area contributed by atoms with Crippen LogP contribution in [0.15, 0.2) is 11.4 Å². The molecule has 0 saturated carbocycles. The molecule has 5 nitrogen and oxygen atoms in total. The number of aliphatic hydroxyl groups excluding tert-OH is 1. The van der Waals surface area contributed by atoms with Crippen molar-refractivity contribution >= 4 is 27.4 Å². The minimum absolute atomic E-state index is 0.394. The monoisotopic (exact) mass is 342 g/mol. The van der Waals surface area contributed by atoms with Gasteiger partial charge in [-0.25, -0.2) is 18.7 Å². The van der Waals surface area contributed by atoms with Crippen molar-refractivity contribution in [2.75, 3.05) is 44.2 Å². The number of halogens is 2. The van der Waals surface area contributed by atoms with E-state index in [-0.39, 0.29) is 0 Å². The van der Waals surface area contributed by atoms with E-state index in [9.17, 15) is 8.78 Å². The van der Waals surface area contributed by atoms with Gasteiger partial charge in [-0.05, 0) is 11.4 Å². The Balaban J connectivity index is 1.74. The molecule has 3 heterocycles. The van der Waals surface area contributed by atoms with Gasteiger partial charge < -0.3 is 10.0 Å². The van der Waals surface area contributed by atoms with Crippen LogP contribution in [-0.2, 0) is 6.42 Å². The Morgan fingerprint density at radius 1 is 1.26 bits per heavy atom. The number of hydrogen-bond acceptors (Lipinski definition) is 6. The Kier molecular flexibility index (Phi) is 4.74. The number of fused-ring (bicyclic) bond motifs is 1. The van der Waals surface area contributed by atoms with Crippen molar-refractivity contribution in [1.29, 1.82) is 0 Å². The van der Waals surface area contributed by atoms with Gasteiger partial charge in [0.05, 0.1) is 11.9 Å². The van der Waals surface area contributed by atoms with Crippen molar-refractivity contribution in [3.05, 3.63) is 17.3 Å². The molecule has 8 heteroatoms. The van der Waals surface area contributed by atoms with E-state index in [4.69, 9.17) is 5.11 Å². The number of rotatable bonds is 5. The van der Waals surface area contributed by atoms with E-state index in [2.05, 4.69) is 14.9 Å². The molecule has 0 spiro atoms. The fourth-order valence-electron chi connectivity index (χ4n) is 2.78. The highest BCUT2D eigenvalue weighted by Crippen LogP contribution is 2.29. The zero-order chi connectivity index (χ0) is 16.4. The van der Waals surface area contributed by atoms with Crippen molar-refractivity contribution in [2.45, 2.75) is 19.3 Å². The Morgan fingerprint density at radius 2 is 2.00 bits per heavy atom. The molecule has 1 aliphatic rings. The number of thiophene rings is 1. The number of aromatic nitrogens is 2. The largest absolute Gasteiger partial charge is 0.390 e. The summed E-state index contributed by atoms with van der Waals surface area (Å²) in [6.07, 6.45) is 0.767. The molecular weight excluding hydrogens is 322 g/mol. The molecule has 1 fully saturated rings. The highest BCUT2D eigenvalue weighted by atomic mass is 32.1. The lowest BCUT2D eigenvalue weighted by atomic mass is 10.2. The maximum Gasteiger partial charge on any atom is 0.283 e. The zero-order valence-electron chi connectivity index (χ0n) is 13.0. The first-order chi connectivity index (χ1) is 11.0. The molecule has 1 N–H and O–H groups in total. The van der Waals surface area contributed by atoms with Crippen molar-refractivity contribution in [3.8, 4) is 0 Å². The Labute approximate surface area is 137 Å². The van der Waals surface area contributed by atoms with Crippen molar-refractivity contribution in [1.82, 2.24) is 14.9 Å². The molecule has 2 aromatic rings. The van der Waals surface area contributed by atoms with E-state index in [1.807, 2.05) is 18.4 Å². The second kappa shape index (κ2) is 6.62. The summed E-state index contributed by atoms with van der Waals surface area (Å²) in [5, 5.41) is 11.7. The first-order valence-corrected chi connectivity index (χ1v) is 8.60. The summed E-state index contributed by atoms with van der Waals surface area (Å²) >= 11 is 1.59. The first kappa shape index (κ1) is 16.5. The Hall–Kier alpha value is -1.38. The lowest BCUT2D eigenvalue weighted by Gasteiger charge is -2.36. The number of aliphatic hydroxyl groups is 1. The van der Waals surface area contributed by atoms with Gasteiger partial charge in [-0.1, -0.05) is 6.92 Å². The van der Waals surface area contributed by atoms with Gasteiger partial charge in [-0.15, -0.1) is 11.3 Å². The summed E-state index contributed by atoms with van der Waals surface area (Å²) in [5.41, 5.74) is 0. The number of piperazine rings is 1. The molecule has 3 rings (SSSR count). The zero-order valence-corrected chi connectivity index (χ0v) is 13.8. The number of aryl methyl sites for hydroxylation is 1. The van der Waals surface area contributed by atoms with Crippen LogP contribution in [0.1, 0.15) is 12.7 Å². The quantitative estimate of drug-likeness (QED) is 0.901. The van der Waals surface area contributed by atoms with E-state index < -0.39 is 19.1 Å². The predicted octanol–water partition coefficient (Wildman–Crippen LogP) is 2.00. The Morgan fingerprint density at radius 3 is 2.65 bits per heavy atom. The van der Waals surface area contributed by atoms with Gasteiger partial charge in [0, 0.05) is 32.6 Å². The molecule has 1 saturated heterocycles. The van der Waals surface area contributed by atoms with E-state index in [0.717, 1.165) is 28.3 Å². The van der Waals surface area contributed by atoms with Crippen LogP contribution in [0.3, 0.4) is 0 Å². The number of hydrogen-bond donors (Lipinski definition) is 1. The van der Waals surface area contributed by atoms with Gasteiger partial charge in [0.15, 0.2) is 0 Å². The minimum Gasteiger partial charge on any atom is -0.390 e. The van der Waals surface area contributed by atoms with Crippen LogP contribution >= 0.6 is 11.3 Å². The maximum absolute atomic E-state index is 13.3. The van der Waals surface area contributed by atoms with Crippen LogP contribution in [0.25, 0.3) is 10.2 Å². The SMILES string of the molecule is CCc1nc(N2CCN(CC(F)(F)CO)CC2)c2ccsc2n1. The van der Waals surface area contributed by atoms with Crippen molar-refractivity contribution < 1.29 is 13.9 Å². The second-order valence-corrected chi connectivity index (χ2v) is 6.63. The van der Waals surface area contributed by atoms with Crippen LogP contribution in [0, 0.1) is 0 Å². The second-order valence-electron chi connectivity index (χ2n) is 5.73. The standard InChI is InChI=1S/C15H20F2N4OS/c1-2-12-18-13(11-3-8-23-14(11)19-12)21-6-4-20(5-7-21)9-15(16,17)10-22/h3,8,22H,2,4-7,9-10H2,1H3. The third-order valence-corrected chi connectivity index (χ3v) is 4.83. The molecule has 0 aromatic carbocycles. The van der Waals surface area contributed by atoms with Crippen LogP contribution in [0.4, 0.5) is 14.6 Å². The third-order valence-electron chi connectivity index (χ3n) is 4.03. The summed E-state index contributed by atoms with van der Waals surface area (Å²) < 4.78 is 26.6. The predicted molar refractivity (Wildman–Crippen MR) is 87.5 cm³/mol. The van der Waals surface area contributed by atoms with Gasteiger partial charge >= 0.3 is 0 Å². The van der Waals surface area contributed by atoms with E-state index >= 15 is 0 Å². The topological polar surface area (TPSA) is 52.5 Å². The van der Waals surface area contributed by atoms with Gasteiger partial charge in [0.25, 0.3) is 5.92 Å². The van der Waals surface area contributed by atoms with Gasteiger partial charge in [0.2, 0.25) is 0 Å². The molecule has 0 unspecified atom stereocenters. The van der Waals surface area contributed by atoms with E-state index in [1.165, 1.54) is 0 Å². The van der Waals surface area contributed by atoms with Crippen LogP contribution < -0.4 is 4.90 Å². The van der Waals surface area contributed by atoms with Crippen LogP contribution in [0.5, 0.6) is 0 Å². The highest BCUT2D eigenvalue weighted by Gasteiger charge is 2.32. The van der Waals surface area contributed by atoms with Crippen LogP contribution in [0.2, 0.25) is 0 Å². The summed E-state index contributed by atoms with van der Waals surface area (Å²) in [7, 11) is 0. The lowest BCUT2D eigenvalue weighted by molar-refractivity contribution is -0.0733. The molecule has 2 aromatic heterocycles. The summed E-state index contributed by atoms with van der Waals surface area (Å²) in [5.74, 6) is -1.32. The van der Waals surface area contributed by atoms with Crippen molar-refractivity contribution in [3.63, 3.8) is 0 Å². The lowest BCUT2D eigenvalue weighted by Crippen LogP contribution is -2.51. The molecular formula is C15H20F2N4OS. The maximum atomic E-state index is 13.3. The van der Waals surface area contributed by atoms with Crippen molar-refractivity contribution in [2.24, 2.45) is 0 Å². The average Bonchev–Trinajstić information content (AvgIpc) is 3.03. The van der Waals surface area contributed by atoms with Gasteiger partial charge in [-0.2, -0.15) is 0 Å². The molecule has 0 aliphatic carbocycles. The molecule has 0 radical (unpaired) electrons. The smallest absolute Gasteiger partial charge is 0.283 e. The fraction of sp³-hybridized carbons (Fsp3) is 0.600. The van der Waals surface area contributed by atoms with Gasteiger partial charge in [0.1, 0.15) is 23.1 Å². The average molecular weight is 342 g/mol. The number of nitrogens with zero attached hydrogens (tertiary/aromatic N) is 4. The van der Waals surface area contributed by atoms with Crippen LogP contribution in [-0.4, -0.2) is 65.2 Å². The Bertz CT molecular complexity index is 671. The third kappa shape index (κ3) is 3.59. The fourth-order valence-corrected chi connectivity index (χ4v) is 3.55. The summed E-state index contributed by atoms with van der Waals surface area (Å²) in [4.78, 5) is 14.0. The molecule has 0 atom stereocenters. The highest BCUT2D eigenvalue weighted by molar-refractivity contribution is 7.16.